The molecule has 0 aromatic carbocycles. The van der Waals surface area contributed by atoms with Crippen LogP contribution in [0.25, 0.3) is 10.7 Å². The fourth-order valence-corrected chi connectivity index (χ4v) is 1.44. The minimum Gasteiger partial charge on any atom is -0.295 e. The molecule has 0 bridgehead atoms. The summed E-state index contributed by atoms with van der Waals surface area (Å²) in [4.78, 5) is 18.1. The molecule has 0 radical (unpaired) electrons. The maximum Gasteiger partial charge on any atom is 0.180 e. The molecule has 0 N–H and O–H groups in total. The van der Waals surface area contributed by atoms with E-state index in [4.69, 9.17) is 0 Å². The summed E-state index contributed by atoms with van der Waals surface area (Å²) in [5, 5.41) is 8.44. The van der Waals surface area contributed by atoms with Crippen molar-refractivity contribution in [2.45, 2.75) is 0 Å². The van der Waals surface area contributed by atoms with Gasteiger partial charge in [0.1, 0.15) is 12.0 Å². The number of hydrogen-bond donors (Lipinski definition) is 0. The molecule has 6 heteroatoms. The van der Waals surface area contributed by atoms with Gasteiger partial charge in [-0.05, 0) is 6.07 Å². The van der Waals surface area contributed by atoms with E-state index in [0.717, 1.165) is 0 Å². The van der Waals surface area contributed by atoms with E-state index in [1.807, 2.05) is 0 Å². The molecule has 2 heterocycles. The van der Waals surface area contributed by atoms with E-state index in [-0.39, 0.29) is 0 Å². The molecule has 13 heavy (non-hydrogen) atoms. The van der Waals surface area contributed by atoms with E-state index in [9.17, 15) is 4.79 Å². The third-order valence-corrected chi connectivity index (χ3v) is 2.21. The molecule has 0 fully saturated rings. The molecule has 2 aromatic heterocycles. The lowest BCUT2D eigenvalue weighted by molar-refractivity contribution is 0.112. The summed E-state index contributed by atoms with van der Waals surface area (Å²) in [6.45, 7) is 0. The fraction of sp³-hybridized carbons (Fsp3) is 0. The first-order valence-electron chi connectivity index (χ1n) is 3.45. The van der Waals surface area contributed by atoms with Crippen LogP contribution >= 0.6 is 11.3 Å². The van der Waals surface area contributed by atoms with Crippen molar-refractivity contribution >= 4 is 17.6 Å². The van der Waals surface area contributed by atoms with E-state index in [2.05, 4.69) is 20.2 Å². The molecule has 0 unspecified atom stereocenters. The van der Waals surface area contributed by atoms with Gasteiger partial charge >= 0.3 is 0 Å². The molecule has 0 saturated heterocycles. The average Bonchev–Trinajstić information content (AvgIpc) is 2.67. The quantitative estimate of drug-likeness (QED) is 0.658. The van der Waals surface area contributed by atoms with Gasteiger partial charge in [-0.1, -0.05) is 11.3 Å². The van der Waals surface area contributed by atoms with Gasteiger partial charge in [0, 0.05) is 6.20 Å². The number of aromatic nitrogens is 4. The van der Waals surface area contributed by atoms with Gasteiger partial charge in [0.2, 0.25) is 0 Å². The van der Waals surface area contributed by atoms with Gasteiger partial charge in [-0.15, -0.1) is 10.2 Å². The van der Waals surface area contributed by atoms with Crippen LogP contribution < -0.4 is 0 Å². The predicted octanol–water partition coefficient (Wildman–Crippen LogP) is 0.808. The second-order valence-electron chi connectivity index (χ2n) is 2.16. The van der Waals surface area contributed by atoms with Crippen LogP contribution in [0.2, 0.25) is 0 Å². The van der Waals surface area contributed by atoms with Gasteiger partial charge in [0.15, 0.2) is 16.3 Å². The van der Waals surface area contributed by atoms with Crippen molar-refractivity contribution < 1.29 is 4.79 Å². The highest BCUT2D eigenvalue weighted by Gasteiger charge is 2.05. The van der Waals surface area contributed by atoms with E-state index in [1.165, 1.54) is 17.7 Å². The molecule has 0 amide bonds. The Morgan fingerprint density at radius 2 is 2.31 bits per heavy atom. The first-order valence-corrected chi connectivity index (χ1v) is 4.27. The summed E-state index contributed by atoms with van der Waals surface area (Å²) >= 11 is 1.21. The van der Waals surface area contributed by atoms with Crippen molar-refractivity contribution in [3.63, 3.8) is 0 Å². The summed E-state index contributed by atoms with van der Waals surface area (Å²) in [6.07, 6.45) is 3.71. The number of carbonyl (C=O) groups is 1. The van der Waals surface area contributed by atoms with Crippen molar-refractivity contribution in [1.82, 2.24) is 20.2 Å². The summed E-state index contributed by atoms with van der Waals surface area (Å²) in [7, 11) is 0. The fourth-order valence-electron chi connectivity index (χ4n) is 0.803. The maximum atomic E-state index is 10.3. The molecule has 0 aliphatic rings. The Hall–Kier alpha value is -1.69. The molecule has 0 spiro atoms. The van der Waals surface area contributed by atoms with Crippen LogP contribution in [0.1, 0.15) is 9.80 Å². The van der Waals surface area contributed by atoms with Crippen LogP contribution in [-0.4, -0.2) is 26.5 Å². The van der Waals surface area contributed by atoms with Crippen LogP contribution in [0.3, 0.4) is 0 Å². The van der Waals surface area contributed by atoms with E-state index >= 15 is 0 Å². The highest BCUT2D eigenvalue weighted by atomic mass is 32.1. The summed E-state index contributed by atoms with van der Waals surface area (Å²) in [5.41, 5.74) is 0.681. The van der Waals surface area contributed by atoms with Crippen LogP contribution in [0, 0.1) is 0 Å². The third kappa shape index (κ3) is 1.57. The van der Waals surface area contributed by atoms with E-state index < -0.39 is 0 Å². The average molecular weight is 192 g/mol. The van der Waals surface area contributed by atoms with E-state index in [1.54, 1.807) is 12.3 Å². The third-order valence-electron chi connectivity index (χ3n) is 1.34. The standard InChI is InChI=1S/C7H4N4OS/c12-3-6-10-11-7(13-6)5-1-2-8-4-9-5/h1-4H. The number of carbonyl (C=O) groups excluding carboxylic acids is 1. The zero-order valence-electron chi connectivity index (χ0n) is 6.41. The first-order chi connectivity index (χ1) is 6.40. The van der Waals surface area contributed by atoms with Crippen molar-refractivity contribution in [2.75, 3.05) is 0 Å². The normalized spacial score (nSPS) is 9.85. The van der Waals surface area contributed by atoms with Crippen LogP contribution in [0.5, 0.6) is 0 Å². The Morgan fingerprint density at radius 1 is 1.38 bits per heavy atom. The minimum atomic E-state index is 0.355. The smallest absolute Gasteiger partial charge is 0.180 e. The van der Waals surface area contributed by atoms with Gasteiger partial charge in [0.25, 0.3) is 0 Å². The summed E-state index contributed by atoms with van der Waals surface area (Å²) < 4.78 is 0. The summed E-state index contributed by atoms with van der Waals surface area (Å²) in [5.74, 6) is 0. The van der Waals surface area contributed by atoms with Gasteiger partial charge in [-0.2, -0.15) is 0 Å². The molecule has 0 saturated carbocycles. The predicted molar refractivity (Wildman–Crippen MR) is 46.3 cm³/mol. The van der Waals surface area contributed by atoms with Gasteiger partial charge in [-0.25, -0.2) is 9.97 Å². The van der Waals surface area contributed by atoms with Gasteiger partial charge < -0.3 is 0 Å². The lowest BCUT2D eigenvalue weighted by atomic mass is 10.4. The second kappa shape index (κ2) is 3.36. The zero-order chi connectivity index (χ0) is 9.10. The van der Waals surface area contributed by atoms with E-state index in [0.29, 0.717) is 22.0 Å². The minimum absolute atomic E-state index is 0.355. The molecular weight excluding hydrogens is 188 g/mol. The molecular formula is C7H4N4OS. The Bertz CT molecular complexity index is 413. The lowest BCUT2D eigenvalue weighted by Gasteiger charge is -1.89. The monoisotopic (exact) mass is 192 g/mol. The molecule has 2 aromatic rings. The first kappa shape index (κ1) is 7.93. The summed E-state index contributed by atoms with van der Waals surface area (Å²) in [6, 6.07) is 1.72. The molecule has 2 rings (SSSR count). The Labute approximate surface area is 77.5 Å². The zero-order valence-corrected chi connectivity index (χ0v) is 7.23. The van der Waals surface area contributed by atoms with Gasteiger partial charge in [-0.3, -0.25) is 4.79 Å². The van der Waals surface area contributed by atoms with Gasteiger partial charge in [0.05, 0.1) is 0 Å². The SMILES string of the molecule is O=Cc1nnc(-c2ccncn2)s1. The van der Waals surface area contributed by atoms with Crippen molar-refractivity contribution in [1.29, 1.82) is 0 Å². The van der Waals surface area contributed by atoms with Crippen molar-refractivity contribution in [3.05, 3.63) is 23.6 Å². The molecule has 5 nitrogen and oxygen atoms in total. The number of aldehydes is 1. The lowest BCUT2D eigenvalue weighted by Crippen LogP contribution is -1.82. The molecule has 64 valence electrons. The van der Waals surface area contributed by atoms with Crippen LogP contribution in [0.4, 0.5) is 0 Å². The van der Waals surface area contributed by atoms with Crippen LogP contribution in [0.15, 0.2) is 18.6 Å². The molecule has 0 atom stereocenters. The van der Waals surface area contributed by atoms with Crippen LogP contribution in [-0.2, 0) is 0 Å². The number of rotatable bonds is 2. The highest BCUT2D eigenvalue weighted by molar-refractivity contribution is 7.16. The maximum absolute atomic E-state index is 10.3. The number of nitrogens with zero attached hydrogens (tertiary/aromatic N) is 4. The topological polar surface area (TPSA) is 68.6 Å². The Kier molecular flexibility index (Phi) is 2.05. The molecule has 0 aliphatic heterocycles. The highest BCUT2D eigenvalue weighted by Crippen LogP contribution is 2.19. The second-order valence-corrected chi connectivity index (χ2v) is 3.17. The van der Waals surface area contributed by atoms with Crippen molar-refractivity contribution in [3.8, 4) is 10.7 Å². The Morgan fingerprint density at radius 3 is 2.92 bits per heavy atom. The Balaban J connectivity index is 2.41. The molecule has 0 aliphatic carbocycles. The largest absolute Gasteiger partial charge is 0.295 e. The number of hydrogen-bond acceptors (Lipinski definition) is 6. The van der Waals surface area contributed by atoms with Crippen molar-refractivity contribution in [2.24, 2.45) is 0 Å².